The van der Waals surface area contributed by atoms with Crippen molar-refractivity contribution in [2.75, 3.05) is 13.6 Å². The first-order valence-corrected chi connectivity index (χ1v) is 9.86. The SMILES string of the molecule is CCN(C)C=Nc1cc(C)c(Oc2ccc(-c3ccccc3)c(C(F)(F)F)c2)nc1C. The number of alkyl halides is 3. The molecule has 1 heterocycles. The average molecular weight is 427 g/mol. The highest BCUT2D eigenvalue weighted by molar-refractivity contribution is 5.69. The number of hydrogen-bond donors (Lipinski definition) is 0. The van der Waals surface area contributed by atoms with Crippen LogP contribution in [-0.4, -0.2) is 29.8 Å². The van der Waals surface area contributed by atoms with Crippen LogP contribution in [0.3, 0.4) is 0 Å². The Hall–Kier alpha value is -3.35. The van der Waals surface area contributed by atoms with Gasteiger partial charge in [0, 0.05) is 19.2 Å². The quantitative estimate of drug-likeness (QED) is 0.321. The summed E-state index contributed by atoms with van der Waals surface area (Å²) >= 11 is 0. The van der Waals surface area contributed by atoms with Crippen molar-refractivity contribution < 1.29 is 17.9 Å². The first kappa shape index (κ1) is 22.3. The van der Waals surface area contributed by atoms with Crippen molar-refractivity contribution in [3.63, 3.8) is 0 Å². The number of aromatic nitrogens is 1. The lowest BCUT2D eigenvalue weighted by atomic mass is 9.99. The highest BCUT2D eigenvalue weighted by Gasteiger charge is 2.34. The highest BCUT2D eigenvalue weighted by atomic mass is 19.4. The molecule has 0 bridgehead atoms. The van der Waals surface area contributed by atoms with Crippen LogP contribution in [0.5, 0.6) is 11.6 Å². The van der Waals surface area contributed by atoms with Crippen LogP contribution in [0.25, 0.3) is 11.1 Å². The molecule has 0 amide bonds. The van der Waals surface area contributed by atoms with E-state index in [0.29, 0.717) is 22.5 Å². The Morgan fingerprint density at radius 2 is 1.77 bits per heavy atom. The number of pyridine rings is 1. The fourth-order valence-corrected chi connectivity index (χ4v) is 2.95. The van der Waals surface area contributed by atoms with Gasteiger partial charge in [-0.25, -0.2) is 9.98 Å². The Balaban J connectivity index is 1.94. The van der Waals surface area contributed by atoms with Gasteiger partial charge in [-0.1, -0.05) is 36.4 Å². The normalized spacial score (nSPS) is 11.7. The van der Waals surface area contributed by atoms with E-state index >= 15 is 0 Å². The molecule has 2 aromatic carbocycles. The van der Waals surface area contributed by atoms with Crippen LogP contribution >= 0.6 is 0 Å². The molecule has 3 rings (SSSR count). The molecular weight excluding hydrogens is 403 g/mol. The number of hydrogen-bond acceptors (Lipinski definition) is 3. The maximum atomic E-state index is 13.7. The smallest absolute Gasteiger partial charge is 0.417 e. The first-order chi connectivity index (χ1) is 14.7. The van der Waals surface area contributed by atoms with E-state index in [1.165, 1.54) is 12.1 Å². The van der Waals surface area contributed by atoms with Crippen LogP contribution in [-0.2, 0) is 6.18 Å². The van der Waals surface area contributed by atoms with Gasteiger partial charge in [-0.15, -0.1) is 0 Å². The summed E-state index contributed by atoms with van der Waals surface area (Å²) in [7, 11) is 1.91. The number of benzene rings is 2. The molecular formula is C24H24F3N3O. The van der Waals surface area contributed by atoms with Gasteiger partial charge in [-0.3, -0.25) is 0 Å². The van der Waals surface area contributed by atoms with Crippen molar-refractivity contribution in [2.24, 2.45) is 4.99 Å². The fraction of sp³-hybridized carbons (Fsp3) is 0.250. The second kappa shape index (κ2) is 9.20. The number of aliphatic imine (C=N–C) groups is 1. The molecule has 0 saturated heterocycles. The van der Waals surface area contributed by atoms with Crippen molar-refractivity contribution in [2.45, 2.75) is 26.9 Å². The lowest BCUT2D eigenvalue weighted by molar-refractivity contribution is -0.137. The van der Waals surface area contributed by atoms with E-state index in [1.54, 1.807) is 56.6 Å². The summed E-state index contributed by atoms with van der Waals surface area (Å²) in [5.41, 5.74) is 1.82. The maximum Gasteiger partial charge on any atom is 0.417 e. The zero-order valence-corrected chi connectivity index (χ0v) is 17.9. The molecule has 31 heavy (non-hydrogen) atoms. The van der Waals surface area contributed by atoms with Gasteiger partial charge in [-0.05, 0) is 50.1 Å². The van der Waals surface area contributed by atoms with E-state index in [4.69, 9.17) is 4.74 Å². The van der Waals surface area contributed by atoms with Crippen LogP contribution in [0, 0.1) is 13.8 Å². The maximum absolute atomic E-state index is 13.7. The van der Waals surface area contributed by atoms with E-state index in [-0.39, 0.29) is 17.2 Å². The second-order valence-corrected chi connectivity index (χ2v) is 7.21. The molecule has 0 unspecified atom stereocenters. The monoisotopic (exact) mass is 427 g/mol. The van der Waals surface area contributed by atoms with E-state index in [9.17, 15) is 13.2 Å². The summed E-state index contributed by atoms with van der Waals surface area (Å²) in [5.74, 6) is 0.324. The lowest BCUT2D eigenvalue weighted by Gasteiger charge is -2.16. The minimum Gasteiger partial charge on any atom is -0.439 e. The Labute approximate surface area is 180 Å². The lowest BCUT2D eigenvalue weighted by Crippen LogP contribution is -2.14. The van der Waals surface area contributed by atoms with Crippen molar-refractivity contribution in [3.05, 3.63) is 71.4 Å². The van der Waals surface area contributed by atoms with Gasteiger partial charge in [0.15, 0.2) is 0 Å². The van der Waals surface area contributed by atoms with E-state index in [2.05, 4.69) is 9.98 Å². The predicted molar refractivity (Wildman–Crippen MR) is 117 cm³/mol. The Kier molecular flexibility index (Phi) is 6.63. The molecule has 0 atom stereocenters. The van der Waals surface area contributed by atoms with Crippen LogP contribution in [0.1, 0.15) is 23.7 Å². The molecule has 1 aromatic heterocycles. The molecule has 4 nitrogen and oxygen atoms in total. The molecule has 0 spiro atoms. The van der Waals surface area contributed by atoms with Crippen LogP contribution in [0.4, 0.5) is 18.9 Å². The van der Waals surface area contributed by atoms with Gasteiger partial charge in [0.1, 0.15) is 5.75 Å². The zero-order chi connectivity index (χ0) is 22.6. The molecule has 0 saturated carbocycles. The number of aryl methyl sites for hydroxylation is 2. The summed E-state index contributed by atoms with van der Waals surface area (Å²) in [6.07, 6.45) is -2.81. The molecule has 162 valence electrons. The van der Waals surface area contributed by atoms with Crippen molar-refractivity contribution in [1.82, 2.24) is 9.88 Å². The van der Waals surface area contributed by atoms with Gasteiger partial charge in [-0.2, -0.15) is 13.2 Å². The topological polar surface area (TPSA) is 37.7 Å². The predicted octanol–water partition coefficient (Wildman–Crippen LogP) is 6.79. The zero-order valence-electron chi connectivity index (χ0n) is 17.9. The van der Waals surface area contributed by atoms with E-state index in [0.717, 1.165) is 12.6 Å². The van der Waals surface area contributed by atoms with E-state index in [1.807, 2.05) is 18.9 Å². The average Bonchev–Trinajstić information content (AvgIpc) is 2.74. The molecule has 3 aromatic rings. The Bertz CT molecular complexity index is 1080. The molecule has 0 fully saturated rings. The highest BCUT2D eigenvalue weighted by Crippen LogP contribution is 2.40. The standard InChI is InChI=1S/C24H24F3N3O/c1-5-30(4)15-28-22-13-16(2)23(29-17(22)3)31-19-11-12-20(18-9-7-6-8-10-18)21(14-19)24(25,26)27/h6-15H,5H2,1-4H3. The van der Waals surface area contributed by atoms with Crippen LogP contribution < -0.4 is 4.74 Å². The third kappa shape index (κ3) is 5.42. The third-order valence-corrected chi connectivity index (χ3v) is 4.82. The first-order valence-electron chi connectivity index (χ1n) is 9.86. The number of nitrogens with zero attached hydrogens (tertiary/aromatic N) is 3. The number of halogens is 3. The number of ether oxygens (including phenoxy) is 1. The summed E-state index contributed by atoms with van der Waals surface area (Å²) in [4.78, 5) is 10.7. The van der Waals surface area contributed by atoms with Crippen molar-refractivity contribution >= 4 is 12.0 Å². The largest absolute Gasteiger partial charge is 0.439 e. The van der Waals surface area contributed by atoms with Gasteiger partial charge in [0.25, 0.3) is 0 Å². The summed E-state index contributed by atoms with van der Waals surface area (Å²) < 4.78 is 47.0. The minimum absolute atomic E-state index is 0.0731. The molecule has 7 heteroatoms. The minimum atomic E-state index is -4.52. The van der Waals surface area contributed by atoms with Gasteiger partial charge in [0.2, 0.25) is 5.88 Å². The molecule has 0 aliphatic heterocycles. The summed E-state index contributed by atoms with van der Waals surface area (Å²) in [5, 5.41) is 0. The number of rotatable bonds is 6. The van der Waals surface area contributed by atoms with Gasteiger partial charge >= 0.3 is 6.18 Å². The molecule has 0 N–H and O–H groups in total. The third-order valence-electron chi connectivity index (χ3n) is 4.82. The second-order valence-electron chi connectivity index (χ2n) is 7.21. The summed E-state index contributed by atoms with van der Waals surface area (Å²) in [6, 6.07) is 14.2. The fourth-order valence-electron chi connectivity index (χ4n) is 2.95. The molecule has 0 aliphatic carbocycles. The Morgan fingerprint density at radius 1 is 1.06 bits per heavy atom. The van der Waals surface area contributed by atoms with Gasteiger partial charge in [0.05, 0.1) is 23.3 Å². The molecule has 0 aliphatic rings. The Morgan fingerprint density at radius 3 is 2.42 bits per heavy atom. The van der Waals surface area contributed by atoms with Gasteiger partial charge < -0.3 is 9.64 Å². The van der Waals surface area contributed by atoms with Crippen LogP contribution in [0.15, 0.2) is 59.6 Å². The van der Waals surface area contributed by atoms with Crippen LogP contribution in [0.2, 0.25) is 0 Å². The molecule has 0 radical (unpaired) electrons. The summed E-state index contributed by atoms with van der Waals surface area (Å²) in [6.45, 7) is 6.39. The van der Waals surface area contributed by atoms with Crippen molar-refractivity contribution in [3.8, 4) is 22.8 Å². The van der Waals surface area contributed by atoms with Crippen molar-refractivity contribution in [1.29, 1.82) is 0 Å². The van der Waals surface area contributed by atoms with E-state index < -0.39 is 11.7 Å².